The van der Waals surface area contributed by atoms with Crippen LogP contribution in [0.2, 0.25) is 0 Å². The Hall–Kier alpha value is -1.14. The first-order valence-corrected chi connectivity index (χ1v) is 6.69. The summed E-state index contributed by atoms with van der Waals surface area (Å²) in [4.78, 5) is 13.9. The number of hydrogen-bond donors (Lipinski definition) is 1. The number of hydrogen-bond acceptors (Lipinski definition) is 3. The molecule has 18 heavy (non-hydrogen) atoms. The standard InChI is InChI=1S/C12H13BrFNO3/c13-6-9-7-18-4-3-15(9)12(17)10-5-8(14)1-2-11(10)16/h1-2,5,9,16H,3-4,6-7H2. The molecule has 1 aromatic rings. The molecule has 98 valence electrons. The van der Waals surface area contributed by atoms with Gasteiger partial charge in [0.15, 0.2) is 0 Å². The summed E-state index contributed by atoms with van der Waals surface area (Å²) in [5.41, 5.74) is -0.0112. The van der Waals surface area contributed by atoms with Crippen molar-refractivity contribution in [2.24, 2.45) is 0 Å². The van der Waals surface area contributed by atoms with E-state index in [0.717, 1.165) is 12.1 Å². The summed E-state index contributed by atoms with van der Waals surface area (Å²) in [6.45, 7) is 1.32. The summed E-state index contributed by atoms with van der Waals surface area (Å²) in [5, 5.41) is 10.2. The summed E-state index contributed by atoms with van der Waals surface area (Å²) in [6, 6.07) is 3.26. The Labute approximate surface area is 112 Å². The average molecular weight is 318 g/mol. The molecule has 1 unspecified atom stereocenters. The monoisotopic (exact) mass is 317 g/mol. The minimum atomic E-state index is -0.542. The van der Waals surface area contributed by atoms with E-state index in [1.807, 2.05) is 0 Å². The summed E-state index contributed by atoms with van der Waals surface area (Å²) in [5.74, 6) is -1.12. The van der Waals surface area contributed by atoms with Gasteiger partial charge in [-0.1, -0.05) is 15.9 Å². The van der Waals surface area contributed by atoms with Crippen LogP contribution in [0.15, 0.2) is 18.2 Å². The molecule has 1 heterocycles. The highest BCUT2D eigenvalue weighted by Gasteiger charge is 2.28. The van der Waals surface area contributed by atoms with Gasteiger partial charge < -0.3 is 14.7 Å². The van der Waals surface area contributed by atoms with Crippen molar-refractivity contribution in [3.63, 3.8) is 0 Å². The van der Waals surface area contributed by atoms with Crippen molar-refractivity contribution in [1.82, 2.24) is 4.90 Å². The number of carbonyl (C=O) groups is 1. The minimum absolute atomic E-state index is 0.0112. The maximum Gasteiger partial charge on any atom is 0.258 e. The van der Waals surface area contributed by atoms with Gasteiger partial charge in [-0.2, -0.15) is 0 Å². The van der Waals surface area contributed by atoms with Crippen LogP contribution in [0.4, 0.5) is 4.39 Å². The molecule has 1 aliphatic heterocycles. The number of aromatic hydroxyl groups is 1. The summed E-state index contributed by atoms with van der Waals surface area (Å²) in [7, 11) is 0. The van der Waals surface area contributed by atoms with Crippen molar-refractivity contribution in [2.45, 2.75) is 6.04 Å². The largest absolute Gasteiger partial charge is 0.507 e. The molecule has 1 N–H and O–H groups in total. The Bertz CT molecular complexity index is 455. The molecule has 6 heteroatoms. The molecular formula is C12H13BrFNO3. The van der Waals surface area contributed by atoms with Gasteiger partial charge >= 0.3 is 0 Å². The van der Waals surface area contributed by atoms with Crippen LogP contribution in [0.3, 0.4) is 0 Å². The third-order valence-corrected chi connectivity index (χ3v) is 3.60. The van der Waals surface area contributed by atoms with Gasteiger partial charge in [-0.05, 0) is 18.2 Å². The number of nitrogens with zero attached hydrogens (tertiary/aromatic N) is 1. The average Bonchev–Trinajstić information content (AvgIpc) is 2.40. The zero-order valence-electron chi connectivity index (χ0n) is 9.60. The summed E-state index contributed by atoms with van der Waals surface area (Å²) < 4.78 is 18.4. The van der Waals surface area contributed by atoms with E-state index in [2.05, 4.69) is 15.9 Å². The quantitative estimate of drug-likeness (QED) is 0.846. The van der Waals surface area contributed by atoms with E-state index in [0.29, 0.717) is 25.1 Å². The molecule has 1 amide bonds. The second-order valence-electron chi connectivity index (χ2n) is 4.04. The van der Waals surface area contributed by atoms with Crippen molar-refractivity contribution in [1.29, 1.82) is 0 Å². The Morgan fingerprint density at radius 1 is 1.61 bits per heavy atom. The molecule has 2 rings (SSSR count). The van der Waals surface area contributed by atoms with Crippen LogP contribution in [0.5, 0.6) is 5.75 Å². The molecule has 0 aliphatic carbocycles. The van der Waals surface area contributed by atoms with Crippen molar-refractivity contribution in [2.75, 3.05) is 25.1 Å². The Morgan fingerprint density at radius 2 is 2.39 bits per heavy atom. The zero-order valence-corrected chi connectivity index (χ0v) is 11.2. The van der Waals surface area contributed by atoms with Crippen molar-refractivity contribution in [3.8, 4) is 5.75 Å². The number of phenolic OH excluding ortho intramolecular Hbond substituents is 1. The number of phenols is 1. The van der Waals surface area contributed by atoms with Crippen LogP contribution in [0, 0.1) is 5.82 Å². The van der Waals surface area contributed by atoms with Crippen molar-refractivity contribution >= 4 is 21.8 Å². The third-order valence-electron chi connectivity index (χ3n) is 2.86. The van der Waals surface area contributed by atoms with Crippen LogP contribution >= 0.6 is 15.9 Å². The highest BCUT2D eigenvalue weighted by Crippen LogP contribution is 2.22. The fourth-order valence-electron chi connectivity index (χ4n) is 1.88. The number of ether oxygens (including phenoxy) is 1. The van der Waals surface area contributed by atoms with Gasteiger partial charge in [0.1, 0.15) is 11.6 Å². The summed E-state index contributed by atoms with van der Waals surface area (Å²) >= 11 is 3.31. The molecule has 0 aromatic heterocycles. The molecule has 0 spiro atoms. The Balaban J connectivity index is 2.26. The van der Waals surface area contributed by atoms with E-state index < -0.39 is 5.82 Å². The predicted octanol–water partition coefficient (Wildman–Crippen LogP) is 1.77. The number of rotatable bonds is 2. The smallest absolute Gasteiger partial charge is 0.258 e. The highest BCUT2D eigenvalue weighted by atomic mass is 79.9. The Kier molecular flexibility index (Phi) is 4.19. The van der Waals surface area contributed by atoms with E-state index in [9.17, 15) is 14.3 Å². The van der Waals surface area contributed by atoms with E-state index in [1.54, 1.807) is 4.90 Å². The molecule has 0 bridgehead atoms. The topological polar surface area (TPSA) is 49.8 Å². The molecule has 0 radical (unpaired) electrons. The maximum absolute atomic E-state index is 13.1. The number of amides is 1. The summed E-state index contributed by atoms with van der Waals surface area (Å²) in [6.07, 6.45) is 0. The van der Waals surface area contributed by atoms with Gasteiger partial charge in [0.05, 0.1) is 24.8 Å². The molecule has 0 saturated carbocycles. The van der Waals surface area contributed by atoms with E-state index in [1.165, 1.54) is 6.07 Å². The SMILES string of the molecule is O=C(c1cc(F)ccc1O)N1CCOCC1CBr. The van der Waals surface area contributed by atoms with Gasteiger partial charge in [-0.25, -0.2) is 4.39 Å². The number of benzene rings is 1. The lowest BCUT2D eigenvalue weighted by molar-refractivity contribution is 0.00507. The number of morpholine rings is 1. The molecule has 1 saturated heterocycles. The van der Waals surface area contributed by atoms with Crippen molar-refractivity contribution in [3.05, 3.63) is 29.6 Å². The van der Waals surface area contributed by atoms with Crippen LogP contribution in [0.25, 0.3) is 0 Å². The lowest BCUT2D eigenvalue weighted by Crippen LogP contribution is -2.49. The second-order valence-corrected chi connectivity index (χ2v) is 4.69. The lowest BCUT2D eigenvalue weighted by Gasteiger charge is -2.34. The fraction of sp³-hybridized carbons (Fsp3) is 0.417. The van der Waals surface area contributed by atoms with E-state index >= 15 is 0 Å². The van der Waals surface area contributed by atoms with Crippen LogP contribution in [-0.2, 0) is 4.74 Å². The predicted molar refractivity (Wildman–Crippen MR) is 67.5 cm³/mol. The normalized spacial score (nSPS) is 19.9. The zero-order chi connectivity index (χ0) is 13.1. The molecule has 1 fully saturated rings. The number of carbonyl (C=O) groups excluding carboxylic acids is 1. The van der Waals surface area contributed by atoms with Crippen LogP contribution < -0.4 is 0 Å². The molecular weight excluding hydrogens is 305 g/mol. The van der Waals surface area contributed by atoms with Gasteiger partial charge in [0.2, 0.25) is 0 Å². The van der Waals surface area contributed by atoms with Gasteiger partial charge in [-0.3, -0.25) is 4.79 Å². The fourth-order valence-corrected chi connectivity index (χ4v) is 2.42. The molecule has 1 aliphatic rings. The highest BCUT2D eigenvalue weighted by molar-refractivity contribution is 9.09. The first-order valence-electron chi connectivity index (χ1n) is 5.56. The van der Waals surface area contributed by atoms with Crippen LogP contribution in [0.1, 0.15) is 10.4 Å². The van der Waals surface area contributed by atoms with Gasteiger partial charge in [0.25, 0.3) is 5.91 Å². The molecule has 1 aromatic carbocycles. The number of alkyl halides is 1. The molecule has 4 nitrogen and oxygen atoms in total. The van der Waals surface area contributed by atoms with Crippen molar-refractivity contribution < 1.29 is 19.0 Å². The Morgan fingerprint density at radius 3 is 3.11 bits per heavy atom. The van der Waals surface area contributed by atoms with E-state index in [4.69, 9.17) is 4.74 Å². The lowest BCUT2D eigenvalue weighted by atomic mass is 10.1. The van der Waals surface area contributed by atoms with Gasteiger partial charge in [-0.15, -0.1) is 0 Å². The van der Waals surface area contributed by atoms with E-state index in [-0.39, 0.29) is 23.3 Å². The van der Waals surface area contributed by atoms with Crippen LogP contribution in [-0.4, -0.2) is 47.0 Å². The number of halogens is 2. The first kappa shape index (κ1) is 13.3. The molecule has 1 atom stereocenters. The second kappa shape index (κ2) is 5.67. The maximum atomic E-state index is 13.1. The third kappa shape index (κ3) is 2.64. The first-order chi connectivity index (χ1) is 8.63. The van der Waals surface area contributed by atoms with Gasteiger partial charge in [0, 0.05) is 11.9 Å². The minimum Gasteiger partial charge on any atom is -0.507 e.